The molecule has 1 aromatic heterocycles. The highest BCUT2D eigenvalue weighted by Gasteiger charge is 2.38. The van der Waals surface area contributed by atoms with Crippen LogP contribution in [0.4, 0.5) is 0 Å². The van der Waals surface area contributed by atoms with E-state index in [-0.39, 0.29) is 5.41 Å². The number of fused-ring (bicyclic) bond motifs is 3. The maximum Gasteiger partial charge on any atom is 0.0503 e. The van der Waals surface area contributed by atoms with Crippen LogP contribution in [0, 0.1) is 0 Å². The van der Waals surface area contributed by atoms with Crippen molar-refractivity contribution in [2.45, 2.75) is 31.7 Å². The molecule has 0 bridgehead atoms. The highest BCUT2D eigenvalue weighted by Crippen LogP contribution is 2.46. The summed E-state index contributed by atoms with van der Waals surface area (Å²) < 4.78 is 2.45. The number of rotatable bonds is 0. The van der Waals surface area contributed by atoms with Crippen molar-refractivity contribution in [2.75, 3.05) is 0 Å². The van der Waals surface area contributed by atoms with E-state index in [1.54, 1.807) is 5.56 Å². The first kappa shape index (κ1) is 9.78. The first-order valence-corrected chi connectivity index (χ1v) is 6.56. The van der Waals surface area contributed by atoms with Crippen molar-refractivity contribution in [1.29, 1.82) is 0 Å². The molecule has 0 radical (unpaired) electrons. The van der Waals surface area contributed by atoms with E-state index in [0.717, 1.165) is 11.6 Å². The van der Waals surface area contributed by atoms with Gasteiger partial charge in [-0.05, 0) is 30.5 Å². The van der Waals surface area contributed by atoms with Crippen molar-refractivity contribution < 1.29 is 0 Å². The first-order valence-electron chi connectivity index (χ1n) is 6.18. The average Bonchev–Trinajstić information content (AvgIpc) is 2.81. The minimum atomic E-state index is 0.249. The van der Waals surface area contributed by atoms with Crippen LogP contribution < -0.4 is 0 Å². The van der Waals surface area contributed by atoms with E-state index in [2.05, 4.69) is 35.8 Å². The molecule has 4 rings (SSSR count). The van der Waals surface area contributed by atoms with Gasteiger partial charge in [-0.3, -0.25) is 0 Å². The zero-order valence-corrected chi connectivity index (χ0v) is 10.6. The van der Waals surface area contributed by atoms with Gasteiger partial charge in [0.25, 0.3) is 0 Å². The molecule has 1 nitrogen and oxygen atoms in total. The Morgan fingerprint density at radius 3 is 3.12 bits per heavy atom. The number of hydrogen-bond donors (Lipinski definition) is 0. The Labute approximate surface area is 106 Å². The van der Waals surface area contributed by atoms with Crippen LogP contribution in [-0.4, -0.2) is 4.57 Å². The SMILES string of the molecule is C[C@]12C=CCn3c1c(c1ccc(Cl)cc13)CC2. The van der Waals surface area contributed by atoms with Crippen molar-refractivity contribution in [3.8, 4) is 0 Å². The number of benzene rings is 1. The van der Waals surface area contributed by atoms with Crippen molar-refractivity contribution in [3.05, 3.63) is 46.6 Å². The van der Waals surface area contributed by atoms with Crippen molar-refractivity contribution in [3.63, 3.8) is 0 Å². The second-order valence-corrected chi connectivity index (χ2v) is 5.86. The molecule has 1 aromatic carbocycles. The minimum Gasteiger partial charge on any atom is -0.340 e. The van der Waals surface area contributed by atoms with Crippen LogP contribution in [-0.2, 0) is 18.4 Å². The molecule has 0 saturated carbocycles. The molecule has 0 fully saturated rings. The van der Waals surface area contributed by atoms with Crippen molar-refractivity contribution in [2.24, 2.45) is 0 Å². The van der Waals surface area contributed by atoms with E-state index in [1.807, 2.05) is 6.07 Å². The summed E-state index contributed by atoms with van der Waals surface area (Å²) in [6, 6.07) is 6.30. The smallest absolute Gasteiger partial charge is 0.0503 e. The fraction of sp³-hybridized carbons (Fsp3) is 0.333. The van der Waals surface area contributed by atoms with Gasteiger partial charge in [0.1, 0.15) is 0 Å². The Hall–Kier alpha value is -1.21. The molecular weight excluding hydrogens is 230 g/mol. The Kier molecular flexibility index (Phi) is 1.71. The summed E-state index contributed by atoms with van der Waals surface area (Å²) in [7, 11) is 0. The molecule has 0 saturated heterocycles. The number of hydrogen-bond acceptors (Lipinski definition) is 0. The number of aryl methyl sites for hydroxylation is 1. The molecule has 17 heavy (non-hydrogen) atoms. The molecule has 2 heterocycles. The van der Waals surface area contributed by atoms with Gasteiger partial charge in [0, 0.05) is 28.1 Å². The third kappa shape index (κ3) is 1.11. The molecule has 0 unspecified atom stereocenters. The fourth-order valence-corrected chi connectivity index (χ4v) is 3.74. The van der Waals surface area contributed by atoms with E-state index in [9.17, 15) is 0 Å². The van der Waals surface area contributed by atoms with Gasteiger partial charge in [-0.15, -0.1) is 0 Å². The molecule has 2 heteroatoms. The lowest BCUT2D eigenvalue weighted by atomic mass is 9.86. The highest BCUT2D eigenvalue weighted by molar-refractivity contribution is 6.31. The average molecular weight is 244 g/mol. The molecule has 0 spiro atoms. The third-order valence-electron chi connectivity index (χ3n) is 4.34. The quantitative estimate of drug-likeness (QED) is 0.615. The van der Waals surface area contributed by atoms with Crippen LogP contribution in [0.2, 0.25) is 5.02 Å². The molecule has 0 N–H and O–H groups in total. The van der Waals surface area contributed by atoms with Crippen LogP contribution in [0.3, 0.4) is 0 Å². The molecule has 0 amide bonds. The molecule has 1 aliphatic carbocycles. The Balaban J connectivity index is 2.18. The predicted molar refractivity (Wildman–Crippen MR) is 71.8 cm³/mol. The monoisotopic (exact) mass is 243 g/mol. The topological polar surface area (TPSA) is 4.93 Å². The standard InChI is InChI=1S/C15H14ClN/c1-15-6-2-8-17-13-9-10(16)3-4-11(13)12(5-7-15)14(15)17/h2-4,6,9H,5,7-8H2,1H3/t15-/m1/s1. The zero-order chi connectivity index (χ0) is 11.6. The van der Waals surface area contributed by atoms with Crippen LogP contribution in [0.5, 0.6) is 0 Å². The molecule has 2 aromatic rings. The maximum absolute atomic E-state index is 6.13. The second kappa shape index (κ2) is 2.97. The van der Waals surface area contributed by atoms with Crippen LogP contribution in [0.1, 0.15) is 24.6 Å². The lowest BCUT2D eigenvalue weighted by Crippen LogP contribution is -2.23. The van der Waals surface area contributed by atoms with Crippen molar-refractivity contribution >= 4 is 22.5 Å². The number of aromatic nitrogens is 1. The van der Waals surface area contributed by atoms with Gasteiger partial charge in [-0.1, -0.05) is 36.7 Å². The van der Waals surface area contributed by atoms with Gasteiger partial charge in [0.05, 0.1) is 5.52 Å². The first-order chi connectivity index (χ1) is 8.19. The summed E-state index contributed by atoms with van der Waals surface area (Å²) in [5.41, 5.74) is 4.62. The normalized spacial score (nSPS) is 25.5. The number of nitrogens with zero attached hydrogens (tertiary/aromatic N) is 1. The van der Waals surface area contributed by atoms with Gasteiger partial charge in [0.2, 0.25) is 0 Å². The molecule has 86 valence electrons. The summed E-state index contributed by atoms with van der Waals surface area (Å²) in [6.07, 6.45) is 7.12. The predicted octanol–water partition coefficient (Wildman–Crippen LogP) is 4.07. The van der Waals surface area contributed by atoms with Crippen molar-refractivity contribution in [1.82, 2.24) is 4.57 Å². The Morgan fingerprint density at radius 1 is 1.35 bits per heavy atom. The van der Waals surface area contributed by atoms with Gasteiger partial charge in [0.15, 0.2) is 0 Å². The lowest BCUT2D eigenvalue weighted by Gasteiger charge is -2.27. The molecule has 2 aliphatic rings. The van der Waals surface area contributed by atoms with E-state index in [1.165, 1.54) is 29.4 Å². The Bertz CT molecular complexity index is 665. The van der Waals surface area contributed by atoms with Crippen LogP contribution in [0.25, 0.3) is 10.9 Å². The van der Waals surface area contributed by atoms with E-state index < -0.39 is 0 Å². The van der Waals surface area contributed by atoms with E-state index >= 15 is 0 Å². The second-order valence-electron chi connectivity index (χ2n) is 5.42. The summed E-state index contributed by atoms with van der Waals surface area (Å²) in [5.74, 6) is 0. The van der Waals surface area contributed by atoms with Gasteiger partial charge in [-0.2, -0.15) is 0 Å². The summed E-state index contributed by atoms with van der Waals surface area (Å²) >= 11 is 6.13. The van der Waals surface area contributed by atoms with Gasteiger partial charge >= 0.3 is 0 Å². The lowest BCUT2D eigenvalue weighted by molar-refractivity contribution is 0.527. The van der Waals surface area contributed by atoms with Crippen LogP contribution in [0.15, 0.2) is 30.4 Å². The van der Waals surface area contributed by atoms with Gasteiger partial charge < -0.3 is 4.57 Å². The zero-order valence-electron chi connectivity index (χ0n) is 9.83. The maximum atomic E-state index is 6.13. The Morgan fingerprint density at radius 2 is 2.24 bits per heavy atom. The van der Waals surface area contributed by atoms with E-state index in [0.29, 0.717) is 0 Å². The molecular formula is C15H14ClN. The van der Waals surface area contributed by atoms with E-state index in [4.69, 9.17) is 11.6 Å². The number of allylic oxidation sites excluding steroid dienone is 2. The molecule has 1 aliphatic heterocycles. The minimum absolute atomic E-state index is 0.249. The van der Waals surface area contributed by atoms with Crippen LogP contribution >= 0.6 is 11.6 Å². The van der Waals surface area contributed by atoms with Gasteiger partial charge in [-0.25, -0.2) is 0 Å². The highest BCUT2D eigenvalue weighted by atomic mass is 35.5. The fourth-order valence-electron chi connectivity index (χ4n) is 3.57. The third-order valence-corrected chi connectivity index (χ3v) is 4.58. The number of halogens is 1. The largest absolute Gasteiger partial charge is 0.340 e. The summed E-state index contributed by atoms with van der Waals surface area (Å²) in [5, 5.41) is 2.23. The summed E-state index contributed by atoms with van der Waals surface area (Å²) in [4.78, 5) is 0. The molecule has 1 atom stereocenters. The summed E-state index contributed by atoms with van der Waals surface area (Å²) in [6.45, 7) is 3.34.